The first kappa shape index (κ1) is 12.6. The summed E-state index contributed by atoms with van der Waals surface area (Å²) in [6, 6.07) is 2.31. The van der Waals surface area contributed by atoms with E-state index in [0.717, 1.165) is 0 Å². The molecule has 1 saturated heterocycles. The topological polar surface area (TPSA) is 90.0 Å². The van der Waals surface area contributed by atoms with Gasteiger partial charge in [0.05, 0.1) is 11.0 Å². The van der Waals surface area contributed by atoms with Crippen molar-refractivity contribution >= 4 is 28.8 Å². The van der Waals surface area contributed by atoms with E-state index in [0.29, 0.717) is 23.0 Å². The van der Waals surface area contributed by atoms with Crippen molar-refractivity contribution in [2.45, 2.75) is 25.8 Å². The summed E-state index contributed by atoms with van der Waals surface area (Å²) >= 11 is 0. The van der Waals surface area contributed by atoms with Gasteiger partial charge in [0, 0.05) is 12.5 Å². The van der Waals surface area contributed by atoms with E-state index in [9.17, 15) is 14.0 Å². The zero-order valence-corrected chi connectivity index (χ0v) is 10.8. The van der Waals surface area contributed by atoms with Crippen LogP contribution in [-0.4, -0.2) is 21.4 Å². The Morgan fingerprint density at radius 2 is 2.20 bits per heavy atom. The minimum Gasteiger partial charge on any atom is -0.369 e. The fraction of sp³-hybridized carbons (Fsp3) is 0.308. The second-order valence-electron chi connectivity index (χ2n) is 4.90. The number of hydrogen-bond donors (Lipinski definition) is 2. The predicted octanol–water partition coefficient (Wildman–Crippen LogP) is 1.04. The summed E-state index contributed by atoms with van der Waals surface area (Å²) in [6.07, 6.45) is 0.604. The van der Waals surface area contributed by atoms with Gasteiger partial charge in [-0.15, -0.1) is 0 Å². The molecule has 0 radical (unpaired) electrons. The highest BCUT2D eigenvalue weighted by atomic mass is 19.1. The Labute approximate surface area is 113 Å². The first-order valence-corrected chi connectivity index (χ1v) is 6.24. The standard InChI is InChI=1S/C13H13FN4O2/c1-6-4-10-8(5-7(6)14)16-13(15)18(10)9-2-3-11(19)17-12(9)20/h4-5,9H,2-3H2,1H3,(H2,15,16)(H,17,19,20). The lowest BCUT2D eigenvalue weighted by Crippen LogP contribution is -2.41. The maximum absolute atomic E-state index is 13.5. The number of nitrogen functional groups attached to an aromatic ring is 1. The Morgan fingerprint density at radius 3 is 2.90 bits per heavy atom. The van der Waals surface area contributed by atoms with Crippen molar-refractivity contribution in [2.24, 2.45) is 0 Å². The molecule has 104 valence electrons. The smallest absolute Gasteiger partial charge is 0.249 e. The molecule has 0 aliphatic carbocycles. The van der Waals surface area contributed by atoms with Crippen LogP contribution in [0.4, 0.5) is 10.3 Å². The summed E-state index contributed by atoms with van der Waals surface area (Å²) in [5.41, 5.74) is 7.29. The molecule has 2 amide bonds. The maximum atomic E-state index is 13.5. The molecule has 1 unspecified atom stereocenters. The number of carbonyl (C=O) groups excluding carboxylic acids is 2. The van der Waals surface area contributed by atoms with Crippen LogP contribution < -0.4 is 11.1 Å². The normalized spacial score (nSPS) is 19.4. The third-order valence-corrected chi connectivity index (χ3v) is 3.52. The van der Waals surface area contributed by atoms with Gasteiger partial charge in [0.25, 0.3) is 0 Å². The van der Waals surface area contributed by atoms with Gasteiger partial charge in [0.1, 0.15) is 11.9 Å². The van der Waals surface area contributed by atoms with Crippen molar-refractivity contribution in [2.75, 3.05) is 5.73 Å². The van der Waals surface area contributed by atoms with Crippen LogP contribution in [-0.2, 0) is 9.59 Å². The third-order valence-electron chi connectivity index (χ3n) is 3.52. The van der Waals surface area contributed by atoms with E-state index < -0.39 is 11.9 Å². The Morgan fingerprint density at radius 1 is 1.45 bits per heavy atom. The molecule has 1 aromatic carbocycles. The number of benzene rings is 1. The van der Waals surface area contributed by atoms with Crippen molar-refractivity contribution in [3.63, 3.8) is 0 Å². The molecule has 0 bridgehead atoms. The number of amides is 2. The molecule has 20 heavy (non-hydrogen) atoms. The highest BCUT2D eigenvalue weighted by Crippen LogP contribution is 2.29. The number of nitrogens with two attached hydrogens (primary N) is 1. The van der Waals surface area contributed by atoms with Crippen molar-refractivity contribution in [3.8, 4) is 0 Å². The van der Waals surface area contributed by atoms with Crippen molar-refractivity contribution in [1.82, 2.24) is 14.9 Å². The van der Waals surface area contributed by atoms with Crippen LogP contribution in [0.2, 0.25) is 0 Å². The van der Waals surface area contributed by atoms with E-state index in [2.05, 4.69) is 10.3 Å². The number of fused-ring (bicyclic) bond motifs is 1. The molecule has 6 nitrogen and oxygen atoms in total. The van der Waals surface area contributed by atoms with Gasteiger partial charge in [0.15, 0.2) is 0 Å². The van der Waals surface area contributed by atoms with Crippen LogP contribution in [0.25, 0.3) is 11.0 Å². The number of carbonyl (C=O) groups is 2. The number of imide groups is 1. The third kappa shape index (κ3) is 1.82. The minimum absolute atomic E-state index is 0.138. The average molecular weight is 276 g/mol. The van der Waals surface area contributed by atoms with E-state index in [-0.39, 0.29) is 24.1 Å². The van der Waals surface area contributed by atoms with Crippen LogP contribution in [0.5, 0.6) is 0 Å². The van der Waals surface area contributed by atoms with Gasteiger partial charge in [-0.1, -0.05) is 0 Å². The lowest BCUT2D eigenvalue weighted by molar-refractivity contribution is -0.135. The lowest BCUT2D eigenvalue weighted by Gasteiger charge is -2.23. The lowest BCUT2D eigenvalue weighted by atomic mass is 10.1. The molecule has 2 aromatic rings. The van der Waals surface area contributed by atoms with E-state index in [1.165, 1.54) is 6.07 Å². The van der Waals surface area contributed by atoms with Gasteiger partial charge in [-0.05, 0) is 25.0 Å². The quantitative estimate of drug-likeness (QED) is 0.762. The number of imidazole rings is 1. The first-order chi connectivity index (χ1) is 9.47. The number of nitrogens with one attached hydrogen (secondary N) is 1. The molecule has 1 aromatic heterocycles. The SMILES string of the molecule is Cc1cc2c(cc1F)nc(N)n2C1CCC(=O)NC1=O. The molecular weight excluding hydrogens is 263 g/mol. The zero-order chi connectivity index (χ0) is 14.4. The number of aryl methyl sites for hydroxylation is 1. The molecule has 7 heteroatoms. The molecule has 0 spiro atoms. The van der Waals surface area contributed by atoms with Crippen molar-refractivity contribution < 1.29 is 14.0 Å². The summed E-state index contributed by atoms with van der Waals surface area (Å²) in [6.45, 7) is 1.63. The molecule has 1 fully saturated rings. The van der Waals surface area contributed by atoms with E-state index in [4.69, 9.17) is 5.73 Å². The van der Waals surface area contributed by atoms with Crippen LogP contribution in [0.15, 0.2) is 12.1 Å². The van der Waals surface area contributed by atoms with Gasteiger partial charge >= 0.3 is 0 Å². The molecular formula is C13H13FN4O2. The Balaban J connectivity index is 2.16. The number of aromatic nitrogens is 2. The van der Waals surface area contributed by atoms with Gasteiger partial charge < -0.3 is 5.73 Å². The molecule has 3 N–H and O–H groups in total. The van der Waals surface area contributed by atoms with E-state index >= 15 is 0 Å². The Bertz CT molecular complexity index is 738. The second kappa shape index (κ2) is 4.29. The number of anilines is 1. The monoisotopic (exact) mass is 276 g/mol. The summed E-state index contributed by atoms with van der Waals surface area (Å²) < 4.78 is 15.1. The minimum atomic E-state index is -0.595. The predicted molar refractivity (Wildman–Crippen MR) is 70.3 cm³/mol. The fourth-order valence-electron chi connectivity index (χ4n) is 2.49. The molecule has 1 atom stereocenters. The van der Waals surface area contributed by atoms with Gasteiger partial charge in [-0.2, -0.15) is 0 Å². The second-order valence-corrected chi connectivity index (χ2v) is 4.90. The van der Waals surface area contributed by atoms with Gasteiger partial charge in [-0.3, -0.25) is 19.5 Å². The van der Waals surface area contributed by atoms with E-state index in [1.54, 1.807) is 17.6 Å². The number of rotatable bonds is 1. The Hall–Kier alpha value is -2.44. The molecule has 1 aliphatic heterocycles. The van der Waals surface area contributed by atoms with Gasteiger partial charge in [-0.25, -0.2) is 9.37 Å². The summed E-state index contributed by atoms with van der Waals surface area (Å²) in [4.78, 5) is 27.2. The largest absolute Gasteiger partial charge is 0.369 e. The van der Waals surface area contributed by atoms with Crippen molar-refractivity contribution in [1.29, 1.82) is 0 Å². The number of hydrogen-bond acceptors (Lipinski definition) is 4. The zero-order valence-electron chi connectivity index (χ0n) is 10.8. The number of nitrogens with zero attached hydrogens (tertiary/aromatic N) is 2. The molecule has 0 saturated carbocycles. The summed E-state index contributed by atoms with van der Waals surface area (Å²) in [7, 11) is 0. The molecule has 1 aliphatic rings. The van der Waals surface area contributed by atoms with E-state index in [1.807, 2.05) is 0 Å². The van der Waals surface area contributed by atoms with Gasteiger partial charge in [0.2, 0.25) is 17.8 Å². The Kier molecular flexibility index (Phi) is 2.70. The van der Waals surface area contributed by atoms with Crippen LogP contribution >= 0.6 is 0 Å². The first-order valence-electron chi connectivity index (χ1n) is 6.24. The summed E-state index contributed by atoms with van der Waals surface area (Å²) in [5, 5.41) is 2.28. The average Bonchev–Trinajstić information content (AvgIpc) is 2.66. The number of halogens is 1. The van der Waals surface area contributed by atoms with Crippen LogP contribution in [0, 0.1) is 12.7 Å². The van der Waals surface area contributed by atoms with Crippen LogP contribution in [0.3, 0.4) is 0 Å². The van der Waals surface area contributed by atoms with Crippen LogP contribution in [0.1, 0.15) is 24.4 Å². The number of piperidine rings is 1. The maximum Gasteiger partial charge on any atom is 0.249 e. The molecule has 3 rings (SSSR count). The highest BCUT2D eigenvalue weighted by molar-refractivity contribution is 6.00. The summed E-state index contributed by atoms with van der Waals surface area (Å²) in [5.74, 6) is -0.935. The molecule has 2 heterocycles. The highest BCUT2D eigenvalue weighted by Gasteiger charge is 2.30. The van der Waals surface area contributed by atoms with Crippen molar-refractivity contribution in [3.05, 3.63) is 23.5 Å². The fourth-order valence-corrected chi connectivity index (χ4v) is 2.49.